The molecule has 10 heteroatoms. The number of fused-ring (bicyclic) bond motifs is 3. The molecule has 148 valence electrons. The average Bonchev–Trinajstić information content (AvgIpc) is 2.71. The number of aromatic nitrogens is 2. The van der Waals surface area contributed by atoms with Crippen molar-refractivity contribution in [1.82, 2.24) is 9.97 Å². The summed E-state index contributed by atoms with van der Waals surface area (Å²) in [6, 6.07) is 12.6. The first-order chi connectivity index (χ1) is 13.9. The second-order valence-corrected chi connectivity index (χ2v) is 9.08. The van der Waals surface area contributed by atoms with Gasteiger partial charge in [-0.15, -0.1) is 0 Å². The number of hydrogen-bond acceptors (Lipinski definition) is 6. The molecule has 29 heavy (non-hydrogen) atoms. The van der Waals surface area contributed by atoms with E-state index in [0.717, 1.165) is 11.8 Å². The summed E-state index contributed by atoms with van der Waals surface area (Å²) in [6.07, 6.45) is 1.26. The van der Waals surface area contributed by atoms with E-state index in [4.69, 9.17) is 0 Å². The van der Waals surface area contributed by atoms with Gasteiger partial charge in [-0.1, -0.05) is 36.0 Å². The summed E-state index contributed by atoms with van der Waals surface area (Å²) in [5.41, 5.74) is 1.86. The van der Waals surface area contributed by atoms with Crippen LogP contribution >= 0.6 is 11.8 Å². The van der Waals surface area contributed by atoms with Crippen molar-refractivity contribution >= 4 is 39.1 Å². The lowest BCUT2D eigenvalue weighted by Gasteiger charge is -2.28. The highest BCUT2D eigenvalue weighted by Gasteiger charge is 2.34. The molecule has 0 aliphatic carbocycles. The number of carbonyl (C=O) groups is 1. The molecule has 1 aliphatic heterocycles. The van der Waals surface area contributed by atoms with Crippen LogP contribution in [-0.2, 0) is 14.8 Å². The normalized spacial score (nSPS) is 14.1. The van der Waals surface area contributed by atoms with Gasteiger partial charge < -0.3 is 5.32 Å². The SMILES string of the molecule is CN1c2ccccc2-c2nc(SCC(=O)Nc3cccc(F)c3)ncc2S1(=O)=O. The van der Waals surface area contributed by atoms with Crippen LogP contribution in [0.25, 0.3) is 11.3 Å². The van der Waals surface area contributed by atoms with Crippen molar-refractivity contribution in [2.45, 2.75) is 10.1 Å². The lowest BCUT2D eigenvalue weighted by atomic mass is 10.1. The highest BCUT2D eigenvalue weighted by atomic mass is 32.2. The van der Waals surface area contributed by atoms with Gasteiger partial charge in [0.05, 0.1) is 23.3 Å². The molecular formula is C19H15FN4O3S2. The van der Waals surface area contributed by atoms with Crippen LogP contribution in [0.15, 0.2) is 64.8 Å². The van der Waals surface area contributed by atoms with Crippen molar-refractivity contribution in [1.29, 1.82) is 0 Å². The molecule has 7 nitrogen and oxygen atoms in total. The number of hydrogen-bond donors (Lipinski definition) is 1. The number of rotatable bonds is 4. The number of benzene rings is 2. The molecule has 0 radical (unpaired) electrons. The highest BCUT2D eigenvalue weighted by Crippen LogP contribution is 2.41. The number of anilines is 2. The van der Waals surface area contributed by atoms with Gasteiger partial charge in [0.1, 0.15) is 10.7 Å². The van der Waals surface area contributed by atoms with Crippen LogP contribution in [0, 0.1) is 5.82 Å². The molecule has 0 saturated heterocycles. The van der Waals surface area contributed by atoms with Crippen molar-refractivity contribution in [2.24, 2.45) is 0 Å². The highest BCUT2D eigenvalue weighted by molar-refractivity contribution is 7.99. The number of halogens is 1. The Kier molecular flexibility index (Phi) is 4.97. The van der Waals surface area contributed by atoms with Gasteiger partial charge in [-0.2, -0.15) is 0 Å². The number of sulfonamides is 1. The van der Waals surface area contributed by atoms with E-state index in [1.165, 1.54) is 35.7 Å². The van der Waals surface area contributed by atoms with E-state index in [2.05, 4.69) is 15.3 Å². The Bertz CT molecular complexity index is 1220. The maximum Gasteiger partial charge on any atom is 0.267 e. The molecule has 0 unspecified atom stereocenters. The van der Waals surface area contributed by atoms with Gasteiger partial charge >= 0.3 is 0 Å². The largest absolute Gasteiger partial charge is 0.325 e. The molecule has 1 aromatic heterocycles. The van der Waals surface area contributed by atoms with Crippen LogP contribution in [0.5, 0.6) is 0 Å². The second kappa shape index (κ2) is 7.45. The molecular weight excluding hydrogens is 415 g/mol. The number of thioether (sulfide) groups is 1. The summed E-state index contributed by atoms with van der Waals surface area (Å²) >= 11 is 1.06. The second-order valence-electron chi connectivity index (χ2n) is 6.20. The van der Waals surface area contributed by atoms with E-state index in [1.807, 2.05) is 0 Å². The van der Waals surface area contributed by atoms with Gasteiger partial charge in [-0.05, 0) is 24.3 Å². The summed E-state index contributed by atoms with van der Waals surface area (Å²) in [5.74, 6) is -0.808. The Morgan fingerprint density at radius 3 is 2.79 bits per heavy atom. The topological polar surface area (TPSA) is 92.3 Å². The van der Waals surface area contributed by atoms with Gasteiger partial charge in [0.25, 0.3) is 10.0 Å². The van der Waals surface area contributed by atoms with Crippen LogP contribution in [0.4, 0.5) is 15.8 Å². The van der Waals surface area contributed by atoms with Crippen molar-refractivity contribution in [3.8, 4) is 11.3 Å². The average molecular weight is 430 g/mol. The fourth-order valence-electron chi connectivity index (χ4n) is 2.92. The summed E-state index contributed by atoms with van der Waals surface area (Å²) in [6.45, 7) is 0. The lowest BCUT2D eigenvalue weighted by molar-refractivity contribution is -0.113. The van der Waals surface area contributed by atoms with E-state index in [1.54, 1.807) is 30.3 Å². The maximum absolute atomic E-state index is 13.2. The third-order valence-electron chi connectivity index (χ3n) is 4.31. The zero-order valence-electron chi connectivity index (χ0n) is 15.2. The summed E-state index contributed by atoms with van der Waals surface area (Å²) in [4.78, 5) is 20.6. The van der Waals surface area contributed by atoms with E-state index >= 15 is 0 Å². The number of amides is 1. The zero-order valence-corrected chi connectivity index (χ0v) is 16.8. The van der Waals surface area contributed by atoms with E-state index in [-0.39, 0.29) is 21.7 Å². The minimum atomic E-state index is -3.74. The Hall–Kier alpha value is -2.98. The first-order valence-corrected chi connectivity index (χ1v) is 10.9. The quantitative estimate of drug-likeness (QED) is 0.505. The van der Waals surface area contributed by atoms with E-state index < -0.39 is 15.8 Å². The molecule has 1 amide bonds. The van der Waals surface area contributed by atoms with Gasteiger partial charge in [0.15, 0.2) is 5.16 Å². The van der Waals surface area contributed by atoms with Gasteiger partial charge in [0, 0.05) is 18.3 Å². The van der Waals surface area contributed by atoms with Crippen molar-refractivity contribution in [2.75, 3.05) is 22.4 Å². The molecule has 0 fully saturated rings. The molecule has 0 spiro atoms. The fourth-order valence-corrected chi connectivity index (χ4v) is 4.84. The fraction of sp³-hybridized carbons (Fsp3) is 0.105. The first-order valence-electron chi connectivity index (χ1n) is 8.50. The molecule has 1 aliphatic rings. The van der Waals surface area contributed by atoms with Crippen LogP contribution in [0.2, 0.25) is 0 Å². The minimum absolute atomic E-state index is 0.0103. The van der Waals surface area contributed by atoms with E-state index in [0.29, 0.717) is 22.6 Å². The zero-order chi connectivity index (χ0) is 20.6. The van der Waals surface area contributed by atoms with Gasteiger partial charge in [-0.3, -0.25) is 9.10 Å². The van der Waals surface area contributed by atoms with Crippen LogP contribution < -0.4 is 9.62 Å². The van der Waals surface area contributed by atoms with Crippen molar-refractivity contribution in [3.63, 3.8) is 0 Å². The number of nitrogens with one attached hydrogen (secondary N) is 1. The maximum atomic E-state index is 13.2. The standard InChI is InChI=1S/C19H15FN4O3S2/c1-24-15-8-3-2-7-14(15)18-16(29(24,26)27)10-21-19(23-18)28-11-17(25)22-13-6-4-5-12(20)9-13/h2-10H,11H2,1H3,(H,22,25). The van der Waals surface area contributed by atoms with Crippen molar-refractivity contribution < 1.29 is 17.6 Å². The molecule has 0 bridgehead atoms. The number of nitrogens with zero attached hydrogens (tertiary/aromatic N) is 3. The van der Waals surface area contributed by atoms with Gasteiger partial charge in [0.2, 0.25) is 5.91 Å². The predicted octanol–water partition coefficient (Wildman–Crippen LogP) is 3.15. The smallest absolute Gasteiger partial charge is 0.267 e. The summed E-state index contributed by atoms with van der Waals surface area (Å²) in [5, 5.41) is 2.86. The molecule has 1 N–H and O–H groups in total. The number of para-hydroxylation sites is 1. The third kappa shape index (κ3) is 3.68. The molecule has 3 aromatic rings. The summed E-state index contributed by atoms with van der Waals surface area (Å²) < 4.78 is 39.9. The first kappa shape index (κ1) is 19.3. The summed E-state index contributed by atoms with van der Waals surface area (Å²) in [7, 11) is -2.26. The van der Waals surface area contributed by atoms with E-state index in [9.17, 15) is 17.6 Å². The third-order valence-corrected chi connectivity index (χ3v) is 6.94. The molecule has 0 atom stereocenters. The minimum Gasteiger partial charge on any atom is -0.325 e. The predicted molar refractivity (Wildman–Crippen MR) is 109 cm³/mol. The lowest BCUT2D eigenvalue weighted by Crippen LogP contribution is -2.31. The Balaban J connectivity index is 1.57. The Morgan fingerprint density at radius 1 is 1.21 bits per heavy atom. The molecule has 4 rings (SSSR count). The van der Waals surface area contributed by atoms with Crippen LogP contribution in [0.3, 0.4) is 0 Å². The monoisotopic (exact) mass is 430 g/mol. The van der Waals surface area contributed by atoms with Crippen LogP contribution in [-0.4, -0.2) is 37.1 Å². The van der Waals surface area contributed by atoms with Crippen molar-refractivity contribution in [3.05, 3.63) is 60.5 Å². The molecule has 0 saturated carbocycles. The Morgan fingerprint density at radius 2 is 2.00 bits per heavy atom. The van der Waals surface area contributed by atoms with Crippen LogP contribution in [0.1, 0.15) is 0 Å². The molecule has 2 aromatic carbocycles. The number of carbonyl (C=O) groups excluding carboxylic acids is 1. The Labute approximate surface area is 171 Å². The molecule has 2 heterocycles. The van der Waals surface area contributed by atoms with Gasteiger partial charge in [-0.25, -0.2) is 22.8 Å².